The lowest BCUT2D eigenvalue weighted by Gasteiger charge is -2.27. The number of amidine groups is 1. The number of halogens is 1. The second kappa shape index (κ2) is 4.94. The molecule has 1 aromatic carbocycles. The van der Waals surface area contributed by atoms with Crippen molar-refractivity contribution < 1.29 is 4.74 Å². The van der Waals surface area contributed by atoms with E-state index in [1.165, 1.54) is 0 Å². The monoisotopic (exact) mass is 253 g/mol. The summed E-state index contributed by atoms with van der Waals surface area (Å²) in [5.74, 6) is 0.0578. The van der Waals surface area contributed by atoms with Crippen LogP contribution in [-0.4, -0.2) is 32.1 Å². The Balaban J connectivity index is 2.34. The number of anilines is 1. The summed E-state index contributed by atoms with van der Waals surface area (Å²) in [7, 11) is 1.98. The Labute approximate surface area is 106 Å². The molecule has 0 saturated carbocycles. The summed E-state index contributed by atoms with van der Waals surface area (Å²) in [5, 5.41) is 8.24. The Morgan fingerprint density at radius 3 is 2.94 bits per heavy atom. The quantitative estimate of drug-likeness (QED) is 0.638. The Bertz CT molecular complexity index is 430. The van der Waals surface area contributed by atoms with Gasteiger partial charge >= 0.3 is 0 Å². The Hall–Kier alpha value is -1.26. The lowest BCUT2D eigenvalue weighted by Crippen LogP contribution is -2.33. The van der Waals surface area contributed by atoms with E-state index in [1.807, 2.05) is 13.1 Å². The highest BCUT2D eigenvalue weighted by Crippen LogP contribution is 2.27. The number of nitrogen functional groups attached to an aromatic ring is 1. The largest absolute Gasteiger partial charge is 0.384 e. The number of hydrogen-bond acceptors (Lipinski definition) is 3. The van der Waals surface area contributed by atoms with Crippen LogP contribution in [0.1, 0.15) is 12.0 Å². The molecule has 1 aromatic rings. The van der Waals surface area contributed by atoms with E-state index < -0.39 is 0 Å². The molecular formula is C12H16ClN3O. The molecule has 0 aromatic heterocycles. The number of nitrogens with zero attached hydrogens (tertiary/aromatic N) is 1. The molecule has 3 N–H and O–H groups in total. The van der Waals surface area contributed by atoms with Gasteiger partial charge in [0.15, 0.2) is 0 Å². The summed E-state index contributed by atoms with van der Waals surface area (Å²) in [4.78, 5) is 2.09. The fourth-order valence-corrected chi connectivity index (χ4v) is 2.21. The number of benzene rings is 1. The second-order valence-electron chi connectivity index (χ2n) is 4.20. The van der Waals surface area contributed by atoms with Crippen molar-refractivity contribution in [3.8, 4) is 0 Å². The number of hydrogen-bond donors (Lipinski definition) is 2. The molecule has 17 heavy (non-hydrogen) atoms. The molecule has 1 saturated heterocycles. The fourth-order valence-electron chi connectivity index (χ4n) is 2.05. The lowest BCUT2D eigenvalue weighted by molar-refractivity contribution is 0.193. The number of likely N-dealkylation sites (N-methyl/N-ethyl adjacent to an activating group) is 1. The maximum Gasteiger partial charge on any atom is 0.124 e. The van der Waals surface area contributed by atoms with Crippen LogP contribution in [0.2, 0.25) is 5.02 Å². The zero-order valence-corrected chi connectivity index (χ0v) is 10.5. The van der Waals surface area contributed by atoms with Gasteiger partial charge in [-0.05, 0) is 24.6 Å². The zero-order valence-electron chi connectivity index (χ0n) is 9.74. The van der Waals surface area contributed by atoms with Gasteiger partial charge in [-0.1, -0.05) is 11.6 Å². The van der Waals surface area contributed by atoms with Gasteiger partial charge in [-0.25, -0.2) is 0 Å². The highest BCUT2D eigenvalue weighted by atomic mass is 35.5. The average molecular weight is 254 g/mol. The molecule has 0 radical (unpaired) electrons. The highest BCUT2D eigenvalue weighted by molar-refractivity contribution is 6.31. The zero-order chi connectivity index (χ0) is 12.4. The molecule has 2 rings (SSSR count). The van der Waals surface area contributed by atoms with Gasteiger partial charge in [0, 0.05) is 29.9 Å². The molecule has 0 amide bonds. The maximum absolute atomic E-state index is 7.59. The molecule has 92 valence electrons. The molecular weight excluding hydrogens is 238 g/mol. The van der Waals surface area contributed by atoms with Gasteiger partial charge in [0.05, 0.1) is 12.6 Å². The van der Waals surface area contributed by atoms with Crippen LogP contribution < -0.4 is 10.6 Å². The van der Waals surface area contributed by atoms with Crippen LogP contribution in [0.4, 0.5) is 5.69 Å². The molecule has 0 aliphatic carbocycles. The smallest absolute Gasteiger partial charge is 0.124 e. The van der Waals surface area contributed by atoms with E-state index in [4.69, 9.17) is 27.5 Å². The van der Waals surface area contributed by atoms with Crippen LogP contribution >= 0.6 is 11.6 Å². The van der Waals surface area contributed by atoms with Crippen LogP contribution in [0, 0.1) is 5.41 Å². The van der Waals surface area contributed by atoms with Crippen LogP contribution in [-0.2, 0) is 4.74 Å². The fraction of sp³-hybridized carbons (Fsp3) is 0.417. The molecule has 1 aliphatic heterocycles. The Morgan fingerprint density at radius 1 is 1.59 bits per heavy atom. The van der Waals surface area contributed by atoms with Crippen molar-refractivity contribution in [1.29, 1.82) is 5.41 Å². The number of nitrogens with two attached hydrogens (primary N) is 1. The first-order chi connectivity index (χ1) is 8.09. The van der Waals surface area contributed by atoms with Crippen LogP contribution in [0.3, 0.4) is 0 Å². The molecule has 1 heterocycles. The van der Waals surface area contributed by atoms with Gasteiger partial charge in [-0.2, -0.15) is 0 Å². The first-order valence-corrected chi connectivity index (χ1v) is 5.92. The van der Waals surface area contributed by atoms with Gasteiger partial charge < -0.3 is 15.4 Å². The molecule has 5 heteroatoms. The second-order valence-corrected chi connectivity index (χ2v) is 4.64. The van der Waals surface area contributed by atoms with E-state index >= 15 is 0 Å². The molecule has 0 bridgehead atoms. The third-order valence-electron chi connectivity index (χ3n) is 3.08. The summed E-state index contributed by atoms with van der Waals surface area (Å²) >= 11 is 6.00. The highest BCUT2D eigenvalue weighted by Gasteiger charge is 2.22. The standard InChI is InChI=1S/C12H16ClN3O/c1-16(9-4-5-17-7-9)11-6-8(13)2-3-10(11)12(14)15/h2-3,6,9H,4-5,7H2,1H3,(H3,14,15). The predicted octanol–water partition coefficient (Wildman–Crippen LogP) is 1.85. The van der Waals surface area contributed by atoms with Gasteiger partial charge in [-0.15, -0.1) is 0 Å². The SMILES string of the molecule is CN(c1cc(Cl)ccc1C(=N)N)C1CCOC1. The Kier molecular flexibility index (Phi) is 3.54. The van der Waals surface area contributed by atoms with Crippen molar-refractivity contribution in [2.24, 2.45) is 5.73 Å². The topological polar surface area (TPSA) is 62.3 Å². The van der Waals surface area contributed by atoms with Crippen LogP contribution in [0.15, 0.2) is 18.2 Å². The minimum atomic E-state index is 0.0578. The van der Waals surface area contributed by atoms with E-state index in [0.717, 1.165) is 18.7 Å². The van der Waals surface area contributed by atoms with E-state index in [0.29, 0.717) is 23.2 Å². The molecule has 1 atom stereocenters. The minimum absolute atomic E-state index is 0.0578. The van der Waals surface area contributed by atoms with Crippen LogP contribution in [0.5, 0.6) is 0 Å². The number of ether oxygens (including phenoxy) is 1. The first-order valence-electron chi connectivity index (χ1n) is 5.54. The van der Waals surface area contributed by atoms with E-state index in [2.05, 4.69) is 4.90 Å². The van der Waals surface area contributed by atoms with E-state index in [9.17, 15) is 0 Å². The van der Waals surface area contributed by atoms with Gasteiger partial charge in [0.25, 0.3) is 0 Å². The first kappa shape index (κ1) is 12.2. The molecule has 1 aliphatic rings. The summed E-state index contributed by atoms with van der Waals surface area (Å²) < 4.78 is 5.37. The van der Waals surface area contributed by atoms with Crippen LogP contribution in [0.25, 0.3) is 0 Å². The predicted molar refractivity (Wildman–Crippen MR) is 70.1 cm³/mol. The summed E-state index contributed by atoms with van der Waals surface area (Å²) in [5.41, 5.74) is 7.18. The van der Waals surface area contributed by atoms with Crippen molar-refractivity contribution in [2.45, 2.75) is 12.5 Å². The Morgan fingerprint density at radius 2 is 2.35 bits per heavy atom. The van der Waals surface area contributed by atoms with Gasteiger partial charge in [0.2, 0.25) is 0 Å². The molecule has 1 unspecified atom stereocenters. The third-order valence-corrected chi connectivity index (χ3v) is 3.32. The summed E-state index contributed by atoms with van der Waals surface area (Å²) in [6.45, 7) is 1.49. The molecule has 1 fully saturated rings. The van der Waals surface area contributed by atoms with Gasteiger partial charge in [0.1, 0.15) is 5.84 Å². The number of nitrogens with one attached hydrogen (secondary N) is 1. The van der Waals surface area contributed by atoms with E-state index in [1.54, 1.807) is 12.1 Å². The van der Waals surface area contributed by atoms with Crippen molar-refractivity contribution in [2.75, 3.05) is 25.2 Å². The summed E-state index contributed by atoms with van der Waals surface area (Å²) in [6.07, 6.45) is 0.986. The van der Waals surface area contributed by atoms with Crippen molar-refractivity contribution in [3.05, 3.63) is 28.8 Å². The normalized spacial score (nSPS) is 19.3. The maximum atomic E-state index is 7.59. The van der Waals surface area contributed by atoms with Crippen molar-refractivity contribution >= 4 is 23.1 Å². The molecule has 0 spiro atoms. The number of rotatable bonds is 3. The third kappa shape index (κ3) is 2.53. The van der Waals surface area contributed by atoms with Gasteiger partial charge in [-0.3, -0.25) is 5.41 Å². The molecule has 4 nitrogen and oxygen atoms in total. The van der Waals surface area contributed by atoms with E-state index in [-0.39, 0.29) is 5.84 Å². The van der Waals surface area contributed by atoms with Crippen molar-refractivity contribution in [1.82, 2.24) is 0 Å². The van der Waals surface area contributed by atoms with Crippen molar-refractivity contribution in [3.63, 3.8) is 0 Å². The summed E-state index contributed by atoms with van der Waals surface area (Å²) in [6, 6.07) is 5.70. The minimum Gasteiger partial charge on any atom is -0.384 e. The lowest BCUT2D eigenvalue weighted by atomic mass is 10.1. The average Bonchev–Trinajstić information content (AvgIpc) is 2.80.